The number of carbonyl (C=O) groups excluding carboxylic acids is 5. The molecule has 1 heterocycles. The van der Waals surface area contributed by atoms with E-state index in [9.17, 15) is 28.4 Å². The third-order valence-electron chi connectivity index (χ3n) is 4.36. The summed E-state index contributed by atoms with van der Waals surface area (Å²) in [5.74, 6) is -2.78. The van der Waals surface area contributed by atoms with Crippen LogP contribution in [0.3, 0.4) is 0 Å². The molecule has 0 atom stereocenters. The number of anilines is 1. The number of unbranched alkanes of at least 4 members (excludes halogenated alkanes) is 2. The minimum absolute atomic E-state index is 0.170. The van der Waals surface area contributed by atoms with Gasteiger partial charge in [-0.2, -0.15) is 0 Å². The van der Waals surface area contributed by atoms with E-state index in [1.165, 1.54) is 24.3 Å². The van der Waals surface area contributed by atoms with Gasteiger partial charge in [0.2, 0.25) is 5.91 Å². The third-order valence-corrected chi connectivity index (χ3v) is 4.36. The van der Waals surface area contributed by atoms with Gasteiger partial charge in [0.05, 0.1) is 5.56 Å². The molecule has 0 radical (unpaired) electrons. The smallest absolute Gasteiger partial charge is 0.426 e. The number of halogens is 1. The van der Waals surface area contributed by atoms with Crippen molar-refractivity contribution in [1.82, 2.24) is 15.8 Å². The largest absolute Gasteiger partial charge is 0.443 e. The Morgan fingerprint density at radius 3 is 2.27 bits per heavy atom. The Labute approximate surface area is 190 Å². The molecule has 11 heteroatoms. The summed E-state index contributed by atoms with van der Waals surface area (Å²) in [6.07, 6.45) is 3.45. The lowest BCUT2D eigenvalue weighted by molar-refractivity contribution is -0.136. The molecular weight excluding hydrogens is 435 g/mol. The number of hydrogen-bond donors (Lipinski definition) is 3. The lowest BCUT2D eigenvalue weighted by Crippen LogP contribution is -2.44. The van der Waals surface area contributed by atoms with Crippen molar-refractivity contribution >= 4 is 35.4 Å². The van der Waals surface area contributed by atoms with Gasteiger partial charge in [-0.3, -0.25) is 29.5 Å². The fraction of sp³-hybridized carbons (Fsp3) is 0.409. The molecule has 0 fully saturated rings. The van der Waals surface area contributed by atoms with Gasteiger partial charge in [-0.05, 0) is 51.8 Å². The second-order valence-corrected chi connectivity index (χ2v) is 8.30. The Hall–Kier alpha value is -3.76. The molecule has 0 aromatic heterocycles. The summed E-state index contributed by atoms with van der Waals surface area (Å²) in [5.41, 5.74) is 3.16. The average Bonchev–Trinajstić information content (AvgIpc) is 3.02. The molecule has 0 bridgehead atoms. The number of carbonyl (C=O) groups is 5. The fourth-order valence-corrected chi connectivity index (χ4v) is 2.86. The van der Waals surface area contributed by atoms with Crippen LogP contribution in [0.4, 0.5) is 14.9 Å². The van der Waals surface area contributed by atoms with Gasteiger partial charge in [0.25, 0.3) is 17.7 Å². The van der Waals surface area contributed by atoms with Gasteiger partial charge in [-0.15, -0.1) is 0 Å². The second kappa shape index (κ2) is 11.2. The van der Waals surface area contributed by atoms with E-state index in [1.54, 1.807) is 20.8 Å². The maximum Gasteiger partial charge on any atom is 0.426 e. The maximum absolute atomic E-state index is 14.3. The highest BCUT2D eigenvalue weighted by atomic mass is 19.1. The first-order valence-corrected chi connectivity index (χ1v) is 10.4. The van der Waals surface area contributed by atoms with Crippen LogP contribution in [0.2, 0.25) is 0 Å². The van der Waals surface area contributed by atoms with E-state index >= 15 is 0 Å². The highest BCUT2D eigenvalue weighted by Gasteiger charge is 2.22. The van der Waals surface area contributed by atoms with Crippen LogP contribution in [0.5, 0.6) is 0 Å². The van der Waals surface area contributed by atoms with Crippen molar-refractivity contribution in [2.75, 3.05) is 11.9 Å². The van der Waals surface area contributed by atoms with E-state index in [0.29, 0.717) is 25.8 Å². The first-order valence-electron chi connectivity index (χ1n) is 10.4. The van der Waals surface area contributed by atoms with E-state index in [-0.39, 0.29) is 35.4 Å². The summed E-state index contributed by atoms with van der Waals surface area (Å²) in [7, 11) is 0. The molecule has 1 aliphatic heterocycles. The number of imide groups is 1. The summed E-state index contributed by atoms with van der Waals surface area (Å²) in [4.78, 5) is 59.7. The number of hydrogen-bond acceptors (Lipinski definition) is 6. The summed E-state index contributed by atoms with van der Waals surface area (Å²) in [6.45, 7) is 5.25. The van der Waals surface area contributed by atoms with Crippen molar-refractivity contribution in [1.29, 1.82) is 0 Å². The Kier molecular flexibility index (Phi) is 8.66. The molecular formula is C22H27FN4O6. The molecule has 1 aromatic rings. The zero-order chi connectivity index (χ0) is 24.6. The summed E-state index contributed by atoms with van der Waals surface area (Å²) in [6, 6.07) is 3.54. The Bertz CT molecular complexity index is 952. The van der Waals surface area contributed by atoms with Crippen LogP contribution in [-0.2, 0) is 19.1 Å². The van der Waals surface area contributed by atoms with E-state index in [2.05, 4.69) is 5.32 Å². The van der Waals surface area contributed by atoms with Crippen molar-refractivity contribution in [3.05, 3.63) is 41.7 Å². The van der Waals surface area contributed by atoms with Crippen molar-refractivity contribution in [2.45, 2.75) is 52.1 Å². The van der Waals surface area contributed by atoms with Gasteiger partial charge in [-0.1, -0.05) is 6.42 Å². The normalized spacial score (nSPS) is 13.2. The zero-order valence-corrected chi connectivity index (χ0v) is 18.7. The van der Waals surface area contributed by atoms with E-state index < -0.39 is 23.4 Å². The minimum Gasteiger partial charge on any atom is -0.443 e. The topological polar surface area (TPSA) is 134 Å². The standard InChI is InChI=1S/C22H27FN4O6/c1-22(2,3)33-21(32)26-25-20(31)15-9-8-14(13-16(15)23)24-17(28)7-5-4-6-12-27-18(29)10-11-19(27)30/h8-11,13H,4-7,12H2,1-3H3,(H,24,28)(H,25,31)(H,26,32). The van der Waals surface area contributed by atoms with Gasteiger partial charge < -0.3 is 10.1 Å². The number of rotatable bonds is 8. The molecule has 0 saturated carbocycles. The predicted octanol–water partition coefficient (Wildman–Crippen LogP) is 2.42. The molecule has 0 spiro atoms. The highest BCUT2D eigenvalue weighted by molar-refractivity contribution is 6.12. The zero-order valence-electron chi connectivity index (χ0n) is 18.7. The van der Waals surface area contributed by atoms with Crippen molar-refractivity contribution in [2.24, 2.45) is 0 Å². The lowest BCUT2D eigenvalue weighted by atomic mass is 10.1. The number of nitrogens with zero attached hydrogens (tertiary/aromatic N) is 1. The second-order valence-electron chi connectivity index (χ2n) is 8.30. The van der Waals surface area contributed by atoms with Crippen LogP contribution >= 0.6 is 0 Å². The quantitative estimate of drug-likeness (QED) is 0.309. The van der Waals surface area contributed by atoms with Crippen LogP contribution in [0.1, 0.15) is 56.8 Å². The predicted molar refractivity (Wildman–Crippen MR) is 116 cm³/mol. The van der Waals surface area contributed by atoms with Gasteiger partial charge in [-0.25, -0.2) is 14.6 Å². The third kappa shape index (κ3) is 8.36. The molecule has 10 nitrogen and oxygen atoms in total. The molecule has 5 amide bonds. The van der Waals surface area contributed by atoms with Crippen LogP contribution < -0.4 is 16.2 Å². The molecule has 33 heavy (non-hydrogen) atoms. The van der Waals surface area contributed by atoms with Crippen LogP contribution in [0.15, 0.2) is 30.4 Å². The molecule has 0 aliphatic carbocycles. The first-order chi connectivity index (χ1) is 15.5. The fourth-order valence-electron chi connectivity index (χ4n) is 2.86. The SMILES string of the molecule is CC(C)(C)OC(=O)NNC(=O)c1ccc(NC(=O)CCCCCN2C(=O)C=CC2=O)cc1F. The van der Waals surface area contributed by atoms with Crippen molar-refractivity contribution < 1.29 is 33.1 Å². The van der Waals surface area contributed by atoms with E-state index in [1.807, 2.05) is 10.9 Å². The molecule has 0 unspecified atom stereocenters. The van der Waals surface area contributed by atoms with Crippen LogP contribution in [0, 0.1) is 5.82 Å². The van der Waals surface area contributed by atoms with Gasteiger partial charge in [0.15, 0.2) is 0 Å². The number of benzene rings is 1. The summed E-state index contributed by atoms with van der Waals surface area (Å²) in [5, 5.41) is 2.54. The van der Waals surface area contributed by atoms with Crippen molar-refractivity contribution in [3.8, 4) is 0 Å². The summed E-state index contributed by atoms with van der Waals surface area (Å²) >= 11 is 0. The van der Waals surface area contributed by atoms with Crippen LogP contribution in [-0.4, -0.2) is 46.8 Å². The van der Waals surface area contributed by atoms with E-state index in [0.717, 1.165) is 11.0 Å². The highest BCUT2D eigenvalue weighted by Crippen LogP contribution is 2.16. The molecule has 3 N–H and O–H groups in total. The Balaban J connectivity index is 1.73. The van der Waals surface area contributed by atoms with Crippen molar-refractivity contribution in [3.63, 3.8) is 0 Å². The minimum atomic E-state index is -0.893. The maximum atomic E-state index is 14.3. The number of amides is 5. The Morgan fingerprint density at radius 2 is 1.67 bits per heavy atom. The monoisotopic (exact) mass is 462 g/mol. The molecule has 1 aromatic carbocycles. The average molecular weight is 462 g/mol. The molecule has 2 rings (SSSR count). The Morgan fingerprint density at radius 1 is 1.00 bits per heavy atom. The number of hydrazine groups is 1. The summed E-state index contributed by atoms with van der Waals surface area (Å²) < 4.78 is 19.2. The van der Waals surface area contributed by atoms with Gasteiger partial charge >= 0.3 is 6.09 Å². The van der Waals surface area contributed by atoms with Crippen LogP contribution in [0.25, 0.3) is 0 Å². The van der Waals surface area contributed by atoms with Gasteiger partial charge in [0.1, 0.15) is 11.4 Å². The molecule has 0 saturated heterocycles. The molecule has 178 valence electrons. The number of nitrogens with one attached hydrogen (secondary N) is 3. The molecule has 1 aliphatic rings. The number of ether oxygens (including phenoxy) is 1. The lowest BCUT2D eigenvalue weighted by Gasteiger charge is -2.19. The van der Waals surface area contributed by atoms with Gasteiger partial charge in [0, 0.05) is 30.8 Å². The first kappa shape index (κ1) is 25.5. The van der Waals surface area contributed by atoms with E-state index in [4.69, 9.17) is 4.74 Å².